The molecule has 1 heterocycles. The van der Waals surface area contributed by atoms with E-state index in [1.54, 1.807) is 0 Å². The lowest BCUT2D eigenvalue weighted by Gasteiger charge is -2.40. The monoisotopic (exact) mass is 430 g/mol. The maximum atomic E-state index is 12.5. The van der Waals surface area contributed by atoms with Crippen LogP contribution in [0.5, 0.6) is 0 Å². The highest BCUT2D eigenvalue weighted by molar-refractivity contribution is 8.13. The van der Waals surface area contributed by atoms with Gasteiger partial charge in [-0.3, -0.25) is 24.0 Å². The van der Waals surface area contributed by atoms with Gasteiger partial charge in [0.1, 0.15) is 17.7 Å². The molecule has 0 saturated carbocycles. The molecule has 0 aromatic heterocycles. The first-order valence-electron chi connectivity index (χ1n) is 9.47. The van der Waals surface area contributed by atoms with E-state index in [-0.39, 0.29) is 60.9 Å². The molecule has 1 fully saturated rings. The van der Waals surface area contributed by atoms with Crippen molar-refractivity contribution in [2.24, 2.45) is 5.41 Å². The SMILES string of the molecule is CC(=O)CC(=O)SCCNC(=O)CCNC(=O)[C@@H]1OC(CC(C)=O)OCC1(C)C. The molecule has 1 aliphatic rings. The Hall–Kier alpha value is -1.78. The topological polar surface area (TPSA) is 128 Å². The number of rotatable bonds is 11. The Morgan fingerprint density at radius 3 is 2.34 bits per heavy atom. The highest BCUT2D eigenvalue weighted by atomic mass is 32.2. The number of Topliss-reactive ketones (excluding diaryl/α,β-unsaturated/α-hetero) is 2. The zero-order valence-corrected chi connectivity index (χ0v) is 18.2. The van der Waals surface area contributed by atoms with Crippen LogP contribution in [0, 0.1) is 5.41 Å². The van der Waals surface area contributed by atoms with Gasteiger partial charge in [-0.2, -0.15) is 0 Å². The summed E-state index contributed by atoms with van der Waals surface area (Å²) in [7, 11) is 0. The molecule has 0 aromatic rings. The smallest absolute Gasteiger partial charge is 0.249 e. The third kappa shape index (κ3) is 10.00. The highest BCUT2D eigenvalue weighted by Crippen LogP contribution is 2.31. The van der Waals surface area contributed by atoms with E-state index in [0.29, 0.717) is 12.3 Å². The molecule has 1 rings (SSSR count). The van der Waals surface area contributed by atoms with Crippen molar-refractivity contribution >= 4 is 40.3 Å². The fourth-order valence-electron chi connectivity index (χ4n) is 2.61. The second kappa shape index (κ2) is 12.0. The van der Waals surface area contributed by atoms with Gasteiger partial charge < -0.3 is 20.1 Å². The van der Waals surface area contributed by atoms with Gasteiger partial charge in [0, 0.05) is 30.7 Å². The van der Waals surface area contributed by atoms with E-state index < -0.39 is 17.8 Å². The van der Waals surface area contributed by atoms with Crippen LogP contribution in [0.25, 0.3) is 0 Å². The molecule has 2 N–H and O–H groups in total. The molecule has 2 atom stereocenters. The summed E-state index contributed by atoms with van der Waals surface area (Å²) >= 11 is 1.00. The Labute approximate surface area is 175 Å². The van der Waals surface area contributed by atoms with Gasteiger partial charge in [0.25, 0.3) is 0 Å². The number of hydrogen-bond acceptors (Lipinski definition) is 8. The summed E-state index contributed by atoms with van der Waals surface area (Å²) in [4.78, 5) is 57.7. The molecular formula is C19H30N2O7S. The molecule has 0 spiro atoms. The lowest BCUT2D eigenvalue weighted by molar-refractivity contribution is -0.253. The second-order valence-electron chi connectivity index (χ2n) is 7.64. The van der Waals surface area contributed by atoms with Gasteiger partial charge in [0.05, 0.1) is 19.4 Å². The largest absolute Gasteiger partial charge is 0.355 e. The number of amides is 2. The quantitative estimate of drug-likeness (QED) is 0.360. The first-order chi connectivity index (χ1) is 13.5. The average molecular weight is 431 g/mol. The van der Waals surface area contributed by atoms with Crippen molar-refractivity contribution in [2.75, 3.05) is 25.4 Å². The van der Waals surface area contributed by atoms with Gasteiger partial charge >= 0.3 is 0 Å². The maximum Gasteiger partial charge on any atom is 0.249 e. The predicted molar refractivity (Wildman–Crippen MR) is 107 cm³/mol. The third-order valence-electron chi connectivity index (χ3n) is 4.06. The molecule has 0 bridgehead atoms. The number of ketones is 2. The lowest BCUT2D eigenvalue weighted by atomic mass is 9.85. The van der Waals surface area contributed by atoms with Crippen LogP contribution in [0.2, 0.25) is 0 Å². The summed E-state index contributed by atoms with van der Waals surface area (Å²) < 4.78 is 11.1. The van der Waals surface area contributed by atoms with Gasteiger partial charge in [-0.1, -0.05) is 25.6 Å². The Kier molecular flexibility index (Phi) is 10.5. The maximum absolute atomic E-state index is 12.5. The third-order valence-corrected chi connectivity index (χ3v) is 4.94. The summed E-state index contributed by atoms with van der Waals surface area (Å²) in [6.07, 6.45) is -1.48. The van der Waals surface area contributed by atoms with Crippen molar-refractivity contribution in [1.82, 2.24) is 10.6 Å². The molecule has 10 heteroatoms. The Balaban J connectivity index is 2.30. The first kappa shape index (κ1) is 25.3. The minimum Gasteiger partial charge on any atom is -0.355 e. The van der Waals surface area contributed by atoms with E-state index in [4.69, 9.17) is 9.47 Å². The molecule has 0 radical (unpaired) electrons. The van der Waals surface area contributed by atoms with Gasteiger partial charge in [0.15, 0.2) is 11.4 Å². The normalized spacial score (nSPS) is 20.6. The summed E-state index contributed by atoms with van der Waals surface area (Å²) in [5, 5.41) is 5.11. The molecule has 2 amide bonds. The van der Waals surface area contributed by atoms with Gasteiger partial charge in [-0.05, 0) is 13.8 Å². The fraction of sp³-hybridized carbons (Fsp3) is 0.737. The van der Waals surface area contributed by atoms with Crippen LogP contribution in [0.4, 0.5) is 0 Å². The van der Waals surface area contributed by atoms with E-state index in [1.165, 1.54) is 13.8 Å². The summed E-state index contributed by atoms with van der Waals surface area (Å²) in [5.41, 5.74) is -0.566. The summed E-state index contributed by atoms with van der Waals surface area (Å²) in [6, 6.07) is 0. The van der Waals surface area contributed by atoms with E-state index in [1.807, 2.05) is 13.8 Å². The van der Waals surface area contributed by atoms with Gasteiger partial charge in [-0.25, -0.2) is 0 Å². The van der Waals surface area contributed by atoms with E-state index in [9.17, 15) is 24.0 Å². The number of thioether (sulfide) groups is 1. The van der Waals surface area contributed by atoms with E-state index in [0.717, 1.165) is 11.8 Å². The molecule has 9 nitrogen and oxygen atoms in total. The predicted octanol–water partition coefficient (Wildman–Crippen LogP) is 0.595. The van der Waals surface area contributed by atoms with Crippen molar-refractivity contribution in [3.63, 3.8) is 0 Å². The molecule has 0 aromatic carbocycles. The number of hydrogen-bond donors (Lipinski definition) is 2. The summed E-state index contributed by atoms with van der Waals surface area (Å²) in [6.45, 7) is 7.16. The molecule has 1 aliphatic heterocycles. The van der Waals surface area contributed by atoms with Crippen LogP contribution in [0.1, 0.15) is 47.0 Å². The zero-order valence-electron chi connectivity index (χ0n) is 17.4. The van der Waals surface area contributed by atoms with Gasteiger partial charge in [-0.15, -0.1) is 0 Å². The highest BCUT2D eigenvalue weighted by Gasteiger charge is 2.42. The van der Waals surface area contributed by atoms with Crippen molar-refractivity contribution in [3.8, 4) is 0 Å². The average Bonchev–Trinajstić information content (AvgIpc) is 2.59. The molecule has 0 aliphatic carbocycles. The first-order valence-corrected chi connectivity index (χ1v) is 10.5. The fourth-order valence-corrected chi connectivity index (χ4v) is 3.34. The molecular weight excluding hydrogens is 400 g/mol. The zero-order chi connectivity index (χ0) is 22.0. The number of ether oxygens (including phenoxy) is 2. The minimum atomic E-state index is -0.785. The molecule has 29 heavy (non-hydrogen) atoms. The van der Waals surface area contributed by atoms with Crippen LogP contribution in [-0.2, 0) is 33.4 Å². The van der Waals surface area contributed by atoms with E-state index >= 15 is 0 Å². The van der Waals surface area contributed by atoms with Crippen LogP contribution < -0.4 is 10.6 Å². The summed E-state index contributed by atoms with van der Waals surface area (Å²) in [5.74, 6) is -0.513. The Morgan fingerprint density at radius 2 is 1.72 bits per heavy atom. The van der Waals surface area contributed by atoms with Crippen molar-refractivity contribution in [3.05, 3.63) is 0 Å². The van der Waals surface area contributed by atoms with Crippen molar-refractivity contribution in [2.45, 2.75) is 59.4 Å². The lowest BCUT2D eigenvalue weighted by Crippen LogP contribution is -2.54. The molecule has 164 valence electrons. The Bertz CT molecular complexity index is 636. The van der Waals surface area contributed by atoms with Crippen LogP contribution in [0.3, 0.4) is 0 Å². The molecule has 1 saturated heterocycles. The second-order valence-corrected chi connectivity index (χ2v) is 8.79. The van der Waals surface area contributed by atoms with Crippen LogP contribution in [0.15, 0.2) is 0 Å². The standard InChI is InChI=1S/C19H30N2O7S/c1-12(22)9-15(25)29-8-7-20-14(24)5-6-21-18(26)17-19(3,4)11-27-16(28-17)10-13(2)23/h16-17H,5-11H2,1-4H3,(H,20,24)(H,21,26)/t16?,17-/m0/s1. The number of carbonyl (C=O) groups excluding carboxylic acids is 5. The van der Waals surface area contributed by atoms with Crippen molar-refractivity contribution < 1.29 is 33.4 Å². The molecule has 1 unspecified atom stereocenters. The number of nitrogens with one attached hydrogen (secondary N) is 2. The number of carbonyl (C=O) groups is 5. The minimum absolute atomic E-state index is 0.0786. The van der Waals surface area contributed by atoms with Crippen LogP contribution >= 0.6 is 11.8 Å². The Morgan fingerprint density at radius 1 is 1.03 bits per heavy atom. The van der Waals surface area contributed by atoms with Crippen LogP contribution in [-0.4, -0.2) is 66.3 Å². The van der Waals surface area contributed by atoms with E-state index in [2.05, 4.69) is 10.6 Å². The van der Waals surface area contributed by atoms with Gasteiger partial charge in [0.2, 0.25) is 11.8 Å². The van der Waals surface area contributed by atoms with Crippen molar-refractivity contribution in [1.29, 1.82) is 0 Å².